The van der Waals surface area contributed by atoms with E-state index in [0.717, 1.165) is 48.6 Å². The summed E-state index contributed by atoms with van der Waals surface area (Å²) >= 11 is 0. The molecular formula is C13H18N4O. The fourth-order valence-electron chi connectivity index (χ4n) is 2.52. The normalized spacial score (nSPS) is 17.2. The molecule has 1 fully saturated rings. The molecule has 3 heterocycles. The van der Waals surface area contributed by atoms with Crippen LogP contribution in [0.25, 0.3) is 11.0 Å². The Morgan fingerprint density at radius 2 is 2.11 bits per heavy atom. The van der Waals surface area contributed by atoms with Crippen molar-refractivity contribution in [2.75, 3.05) is 18.5 Å². The standard InChI is InChI=1S/C13H18N4O/c1-8-7-9(2)14-12-11(8)13(17-16-12)15-10-3-5-18-6-4-10/h7,10H,3-6H2,1-2H3,(H2,14,15,16,17). The number of ether oxygens (including phenoxy) is 1. The van der Waals surface area contributed by atoms with Crippen molar-refractivity contribution < 1.29 is 4.74 Å². The van der Waals surface area contributed by atoms with Crippen LogP contribution in [0.5, 0.6) is 0 Å². The van der Waals surface area contributed by atoms with Gasteiger partial charge >= 0.3 is 0 Å². The zero-order valence-corrected chi connectivity index (χ0v) is 10.8. The maximum Gasteiger partial charge on any atom is 0.157 e. The molecule has 2 N–H and O–H groups in total. The van der Waals surface area contributed by atoms with Crippen molar-refractivity contribution in [1.29, 1.82) is 0 Å². The monoisotopic (exact) mass is 246 g/mol. The van der Waals surface area contributed by atoms with Gasteiger partial charge in [0.2, 0.25) is 0 Å². The predicted octanol–water partition coefficient (Wildman–Crippen LogP) is 2.17. The molecule has 0 aromatic carbocycles. The molecule has 5 heteroatoms. The number of rotatable bonds is 2. The molecular weight excluding hydrogens is 228 g/mol. The van der Waals surface area contributed by atoms with Gasteiger partial charge in [0.15, 0.2) is 11.5 Å². The largest absolute Gasteiger partial charge is 0.381 e. The van der Waals surface area contributed by atoms with E-state index >= 15 is 0 Å². The Labute approximate surface area is 106 Å². The summed E-state index contributed by atoms with van der Waals surface area (Å²) < 4.78 is 5.37. The van der Waals surface area contributed by atoms with E-state index in [1.165, 1.54) is 5.56 Å². The van der Waals surface area contributed by atoms with Crippen LogP contribution >= 0.6 is 0 Å². The molecule has 0 saturated carbocycles. The number of fused-ring (bicyclic) bond motifs is 1. The number of hydrogen-bond acceptors (Lipinski definition) is 4. The Kier molecular flexibility index (Phi) is 2.91. The molecule has 0 bridgehead atoms. The van der Waals surface area contributed by atoms with Crippen molar-refractivity contribution in [1.82, 2.24) is 15.2 Å². The molecule has 0 amide bonds. The second-order valence-corrected chi connectivity index (χ2v) is 4.91. The van der Waals surface area contributed by atoms with Crippen LogP contribution in [-0.4, -0.2) is 34.4 Å². The fraction of sp³-hybridized carbons (Fsp3) is 0.538. The number of nitrogens with zero attached hydrogens (tertiary/aromatic N) is 2. The van der Waals surface area contributed by atoms with Crippen LogP contribution < -0.4 is 5.32 Å². The maximum absolute atomic E-state index is 5.37. The minimum atomic E-state index is 0.450. The van der Waals surface area contributed by atoms with Gasteiger partial charge in [-0.2, -0.15) is 5.10 Å². The van der Waals surface area contributed by atoms with Gasteiger partial charge in [-0.1, -0.05) is 0 Å². The number of aromatic amines is 1. The molecule has 1 aliphatic heterocycles. The summed E-state index contributed by atoms with van der Waals surface area (Å²) in [6.07, 6.45) is 2.07. The second kappa shape index (κ2) is 4.57. The lowest BCUT2D eigenvalue weighted by Gasteiger charge is -2.23. The Morgan fingerprint density at radius 3 is 2.89 bits per heavy atom. The molecule has 0 atom stereocenters. The van der Waals surface area contributed by atoms with Gasteiger partial charge in [-0.05, 0) is 38.3 Å². The van der Waals surface area contributed by atoms with E-state index in [0.29, 0.717) is 6.04 Å². The highest BCUT2D eigenvalue weighted by molar-refractivity contribution is 5.90. The van der Waals surface area contributed by atoms with E-state index in [9.17, 15) is 0 Å². The average Bonchev–Trinajstić information content (AvgIpc) is 2.73. The first kappa shape index (κ1) is 11.5. The van der Waals surface area contributed by atoms with Crippen LogP contribution in [0.1, 0.15) is 24.1 Å². The van der Waals surface area contributed by atoms with Crippen LogP contribution in [0.2, 0.25) is 0 Å². The van der Waals surface area contributed by atoms with E-state index in [1.807, 2.05) is 6.92 Å². The lowest BCUT2D eigenvalue weighted by molar-refractivity contribution is 0.0904. The third-order valence-corrected chi connectivity index (χ3v) is 3.42. The number of aromatic nitrogens is 3. The van der Waals surface area contributed by atoms with Gasteiger partial charge in [0.05, 0.1) is 5.39 Å². The van der Waals surface area contributed by atoms with E-state index in [2.05, 4.69) is 33.5 Å². The molecule has 0 unspecified atom stereocenters. The van der Waals surface area contributed by atoms with Crippen molar-refractivity contribution in [2.24, 2.45) is 0 Å². The third kappa shape index (κ3) is 2.06. The molecule has 2 aromatic heterocycles. The van der Waals surface area contributed by atoms with Crippen molar-refractivity contribution in [2.45, 2.75) is 32.7 Å². The summed E-state index contributed by atoms with van der Waals surface area (Å²) in [5.74, 6) is 0.918. The van der Waals surface area contributed by atoms with Crippen LogP contribution in [0.3, 0.4) is 0 Å². The van der Waals surface area contributed by atoms with Gasteiger partial charge in [-0.3, -0.25) is 5.10 Å². The molecule has 18 heavy (non-hydrogen) atoms. The van der Waals surface area contributed by atoms with Crippen LogP contribution in [0, 0.1) is 13.8 Å². The lowest BCUT2D eigenvalue weighted by Crippen LogP contribution is -2.28. The molecule has 2 aromatic rings. The van der Waals surface area contributed by atoms with Crippen molar-refractivity contribution in [3.8, 4) is 0 Å². The van der Waals surface area contributed by atoms with Gasteiger partial charge in [0.1, 0.15) is 0 Å². The molecule has 1 saturated heterocycles. The Bertz CT molecular complexity index is 557. The van der Waals surface area contributed by atoms with E-state index in [-0.39, 0.29) is 0 Å². The molecule has 0 aliphatic carbocycles. The number of anilines is 1. The molecule has 3 rings (SSSR count). The number of hydrogen-bond donors (Lipinski definition) is 2. The van der Waals surface area contributed by atoms with Gasteiger partial charge < -0.3 is 10.1 Å². The first-order chi connectivity index (χ1) is 8.74. The summed E-state index contributed by atoms with van der Waals surface area (Å²) in [6.45, 7) is 5.76. The zero-order valence-electron chi connectivity index (χ0n) is 10.8. The van der Waals surface area contributed by atoms with Crippen LogP contribution in [0.15, 0.2) is 6.07 Å². The number of H-pyrrole nitrogens is 1. The summed E-state index contributed by atoms with van der Waals surface area (Å²) in [4.78, 5) is 4.47. The minimum absolute atomic E-state index is 0.450. The van der Waals surface area contributed by atoms with Crippen LogP contribution in [-0.2, 0) is 4.74 Å². The highest BCUT2D eigenvalue weighted by Gasteiger charge is 2.17. The summed E-state index contributed by atoms with van der Waals surface area (Å²) in [5.41, 5.74) is 3.09. The quantitative estimate of drug-likeness (QED) is 0.852. The Morgan fingerprint density at radius 1 is 1.33 bits per heavy atom. The van der Waals surface area contributed by atoms with Crippen molar-refractivity contribution >= 4 is 16.9 Å². The molecule has 5 nitrogen and oxygen atoms in total. The van der Waals surface area contributed by atoms with Gasteiger partial charge in [0, 0.05) is 24.9 Å². The summed E-state index contributed by atoms with van der Waals surface area (Å²) in [5, 5.41) is 12.0. The van der Waals surface area contributed by atoms with Crippen molar-refractivity contribution in [3.63, 3.8) is 0 Å². The van der Waals surface area contributed by atoms with Gasteiger partial charge in [-0.25, -0.2) is 4.98 Å². The molecule has 0 spiro atoms. The van der Waals surface area contributed by atoms with E-state index < -0.39 is 0 Å². The summed E-state index contributed by atoms with van der Waals surface area (Å²) in [6, 6.07) is 2.54. The Hall–Kier alpha value is -1.62. The maximum atomic E-state index is 5.37. The first-order valence-corrected chi connectivity index (χ1v) is 6.40. The van der Waals surface area contributed by atoms with Gasteiger partial charge in [-0.15, -0.1) is 0 Å². The minimum Gasteiger partial charge on any atom is -0.381 e. The molecule has 0 radical (unpaired) electrons. The smallest absolute Gasteiger partial charge is 0.157 e. The zero-order chi connectivity index (χ0) is 12.5. The second-order valence-electron chi connectivity index (χ2n) is 4.91. The van der Waals surface area contributed by atoms with Gasteiger partial charge in [0.25, 0.3) is 0 Å². The topological polar surface area (TPSA) is 62.8 Å². The molecule has 1 aliphatic rings. The highest BCUT2D eigenvalue weighted by atomic mass is 16.5. The molecule has 96 valence electrons. The van der Waals surface area contributed by atoms with Crippen molar-refractivity contribution in [3.05, 3.63) is 17.3 Å². The number of nitrogens with one attached hydrogen (secondary N) is 2. The number of pyridine rings is 1. The van der Waals surface area contributed by atoms with E-state index in [1.54, 1.807) is 0 Å². The highest BCUT2D eigenvalue weighted by Crippen LogP contribution is 2.25. The average molecular weight is 246 g/mol. The first-order valence-electron chi connectivity index (χ1n) is 6.40. The summed E-state index contributed by atoms with van der Waals surface area (Å²) in [7, 11) is 0. The Balaban J connectivity index is 1.92. The SMILES string of the molecule is Cc1cc(C)c2c(NC3CCOCC3)n[nH]c2n1. The third-order valence-electron chi connectivity index (χ3n) is 3.42. The lowest BCUT2D eigenvalue weighted by atomic mass is 10.1. The number of aryl methyl sites for hydroxylation is 2. The van der Waals surface area contributed by atoms with Crippen LogP contribution in [0.4, 0.5) is 5.82 Å². The fourth-order valence-corrected chi connectivity index (χ4v) is 2.52. The van der Waals surface area contributed by atoms with E-state index in [4.69, 9.17) is 4.74 Å². The predicted molar refractivity (Wildman–Crippen MR) is 70.8 cm³/mol.